The van der Waals surface area contributed by atoms with Crippen LogP contribution in [-0.4, -0.2) is 77.0 Å². The van der Waals surface area contributed by atoms with E-state index in [4.69, 9.17) is 14.2 Å². The number of amides is 1. The number of aromatic nitrogens is 2. The molecule has 4 heterocycles. The Labute approximate surface area is 151 Å². The second-order valence-electron chi connectivity index (χ2n) is 6.93. The molecule has 26 heavy (non-hydrogen) atoms. The van der Waals surface area contributed by atoms with Crippen molar-refractivity contribution in [3.05, 3.63) is 22.1 Å². The van der Waals surface area contributed by atoms with Gasteiger partial charge in [-0.15, -0.1) is 0 Å². The largest absolute Gasteiger partial charge is 0.458 e. The Morgan fingerprint density at radius 2 is 2.12 bits per heavy atom. The number of hydrogen-bond donors (Lipinski definition) is 0. The highest BCUT2D eigenvalue weighted by Crippen LogP contribution is 2.38. The van der Waals surface area contributed by atoms with Crippen LogP contribution in [0.15, 0.2) is 11.0 Å². The average Bonchev–Trinajstić information content (AvgIpc) is 2.95. The Balaban J connectivity index is 1.36. The summed E-state index contributed by atoms with van der Waals surface area (Å²) in [7, 11) is 0. The lowest BCUT2D eigenvalue weighted by molar-refractivity contribution is -0.0212. The quantitative estimate of drug-likeness (QED) is 0.766. The summed E-state index contributed by atoms with van der Waals surface area (Å²) in [6.45, 7) is 7.53. The van der Waals surface area contributed by atoms with Crippen LogP contribution in [0.4, 0.5) is 4.79 Å². The van der Waals surface area contributed by atoms with Gasteiger partial charge in [0.2, 0.25) is 0 Å². The molecule has 1 amide bonds. The lowest BCUT2D eigenvalue weighted by Crippen LogP contribution is -2.51. The molecule has 9 heteroatoms. The van der Waals surface area contributed by atoms with Gasteiger partial charge in [0.15, 0.2) is 0 Å². The van der Waals surface area contributed by atoms with E-state index in [1.807, 2.05) is 11.5 Å². The standard InChI is InChI=1S/C17H24N4O5/c1-3-24-17(23)20-6-4-19(5-7-20)10-13-12-8-14(25-13)21-9-11(2)15(22)18-16(21)26-12/h9,12-14H,3-8,10H2,1-2H3/t12-,13-,14-/m0/s1. The zero-order valence-corrected chi connectivity index (χ0v) is 15.1. The van der Waals surface area contributed by atoms with Crippen LogP contribution in [0.5, 0.6) is 6.01 Å². The van der Waals surface area contributed by atoms with Gasteiger partial charge in [-0.05, 0) is 13.8 Å². The van der Waals surface area contributed by atoms with Gasteiger partial charge < -0.3 is 19.1 Å². The van der Waals surface area contributed by atoms with Crippen molar-refractivity contribution in [3.63, 3.8) is 0 Å². The Kier molecular flexibility index (Phi) is 4.58. The number of piperazine rings is 1. The van der Waals surface area contributed by atoms with Crippen molar-refractivity contribution in [2.24, 2.45) is 0 Å². The average molecular weight is 364 g/mol. The van der Waals surface area contributed by atoms with Crippen LogP contribution >= 0.6 is 0 Å². The van der Waals surface area contributed by atoms with Crippen LogP contribution in [0.25, 0.3) is 0 Å². The first-order valence-electron chi connectivity index (χ1n) is 9.11. The minimum atomic E-state index is -0.260. The SMILES string of the molecule is CCOC(=O)N1CCN(C[C@@H]2O[C@H]3C[C@@H]2Oc2nc(=O)c(C)cn23)CC1. The highest BCUT2D eigenvalue weighted by Gasteiger charge is 2.44. The number of nitrogens with zero attached hydrogens (tertiary/aromatic N) is 4. The van der Waals surface area contributed by atoms with Crippen molar-refractivity contribution in [3.8, 4) is 6.01 Å². The smallest absolute Gasteiger partial charge is 0.409 e. The molecule has 4 rings (SSSR count). The highest BCUT2D eigenvalue weighted by atomic mass is 16.6. The topological polar surface area (TPSA) is 86.1 Å². The summed E-state index contributed by atoms with van der Waals surface area (Å²) in [5.74, 6) is 0. The van der Waals surface area contributed by atoms with E-state index in [1.54, 1.807) is 18.0 Å². The van der Waals surface area contributed by atoms with Crippen molar-refractivity contribution >= 4 is 6.09 Å². The number of carbonyl (C=O) groups excluding carboxylic acids is 1. The molecular formula is C17H24N4O5. The second-order valence-corrected chi connectivity index (χ2v) is 6.93. The third kappa shape index (κ3) is 3.16. The third-order valence-electron chi connectivity index (χ3n) is 5.17. The van der Waals surface area contributed by atoms with Crippen LogP contribution < -0.4 is 10.3 Å². The van der Waals surface area contributed by atoms with E-state index in [2.05, 4.69) is 9.88 Å². The molecule has 9 nitrogen and oxygen atoms in total. The second kappa shape index (κ2) is 6.88. The van der Waals surface area contributed by atoms with Crippen LogP contribution in [0.3, 0.4) is 0 Å². The van der Waals surface area contributed by atoms with E-state index in [9.17, 15) is 9.59 Å². The number of hydrogen-bond acceptors (Lipinski definition) is 7. The molecule has 0 N–H and O–H groups in total. The Morgan fingerprint density at radius 3 is 2.85 bits per heavy atom. The van der Waals surface area contributed by atoms with Gasteiger partial charge in [0, 0.05) is 50.9 Å². The van der Waals surface area contributed by atoms with E-state index in [0.717, 1.165) is 26.1 Å². The van der Waals surface area contributed by atoms with Gasteiger partial charge in [0.05, 0.1) is 6.61 Å². The molecular weight excluding hydrogens is 340 g/mol. The van der Waals surface area contributed by atoms with Crippen LogP contribution in [-0.2, 0) is 9.47 Å². The van der Waals surface area contributed by atoms with Gasteiger partial charge in [0.25, 0.3) is 5.56 Å². The lowest BCUT2D eigenvalue weighted by atomic mass is 10.1. The van der Waals surface area contributed by atoms with E-state index >= 15 is 0 Å². The molecule has 0 saturated carbocycles. The van der Waals surface area contributed by atoms with E-state index in [-0.39, 0.29) is 30.1 Å². The third-order valence-corrected chi connectivity index (χ3v) is 5.17. The number of carbonyl (C=O) groups is 1. The molecule has 2 bridgehead atoms. The summed E-state index contributed by atoms with van der Waals surface area (Å²) >= 11 is 0. The fraction of sp³-hybridized carbons (Fsp3) is 0.706. The number of ether oxygens (including phenoxy) is 3. The van der Waals surface area contributed by atoms with Crippen molar-refractivity contribution in [1.29, 1.82) is 0 Å². The van der Waals surface area contributed by atoms with Gasteiger partial charge in [-0.25, -0.2) is 4.79 Å². The molecule has 1 aromatic rings. The summed E-state index contributed by atoms with van der Waals surface area (Å²) in [4.78, 5) is 31.6. The summed E-state index contributed by atoms with van der Waals surface area (Å²) in [5.41, 5.74) is 0.321. The Morgan fingerprint density at radius 1 is 1.35 bits per heavy atom. The van der Waals surface area contributed by atoms with Gasteiger partial charge in [0.1, 0.15) is 18.4 Å². The normalized spacial score (nSPS) is 27.8. The van der Waals surface area contributed by atoms with E-state index in [0.29, 0.717) is 31.3 Å². The number of aryl methyl sites for hydroxylation is 1. The minimum absolute atomic E-state index is 0.0775. The van der Waals surface area contributed by atoms with Crippen molar-refractivity contribution in [1.82, 2.24) is 19.4 Å². The Bertz CT molecular complexity index is 743. The van der Waals surface area contributed by atoms with E-state index in [1.165, 1.54) is 0 Å². The number of rotatable bonds is 3. The fourth-order valence-corrected chi connectivity index (χ4v) is 3.72. The monoisotopic (exact) mass is 364 g/mol. The molecule has 142 valence electrons. The van der Waals surface area contributed by atoms with Gasteiger partial charge >= 0.3 is 12.1 Å². The van der Waals surface area contributed by atoms with Gasteiger partial charge in [-0.1, -0.05) is 0 Å². The molecule has 0 radical (unpaired) electrons. The van der Waals surface area contributed by atoms with Crippen LogP contribution in [0.1, 0.15) is 25.1 Å². The maximum Gasteiger partial charge on any atom is 0.409 e. The minimum Gasteiger partial charge on any atom is -0.458 e. The van der Waals surface area contributed by atoms with Crippen LogP contribution in [0.2, 0.25) is 0 Å². The van der Waals surface area contributed by atoms with Gasteiger partial charge in [-0.2, -0.15) is 4.98 Å². The van der Waals surface area contributed by atoms with Gasteiger partial charge in [-0.3, -0.25) is 14.3 Å². The van der Waals surface area contributed by atoms with Crippen LogP contribution in [0, 0.1) is 6.92 Å². The van der Waals surface area contributed by atoms with Crippen molar-refractivity contribution in [2.45, 2.75) is 38.7 Å². The zero-order valence-electron chi connectivity index (χ0n) is 15.1. The molecule has 0 unspecified atom stereocenters. The molecule has 1 aromatic heterocycles. The Hall–Kier alpha value is -2.13. The number of fused-ring (bicyclic) bond motifs is 4. The summed E-state index contributed by atoms with van der Waals surface area (Å²) in [5, 5.41) is 0. The summed E-state index contributed by atoms with van der Waals surface area (Å²) in [6.07, 6.45) is 1.95. The molecule has 0 spiro atoms. The fourth-order valence-electron chi connectivity index (χ4n) is 3.72. The first-order valence-corrected chi connectivity index (χ1v) is 9.11. The molecule has 0 aliphatic carbocycles. The molecule has 0 aromatic carbocycles. The molecule has 3 atom stereocenters. The maximum atomic E-state index is 11.8. The molecule has 2 saturated heterocycles. The molecule has 2 fully saturated rings. The first-order chi connectivity index (χ1) is 12.5. The summed E-state index contributed by atoms with van der Waals surface area (Å²) in [6, 6.07) is 0.344. The highest BCUT2D eigenvalue weighted by molar-refractivity contribution is 5.67. The molecule has 3 aliphatic rings. The van der Waals surface area contributed by atoms with E-state index < -0.39 is 0 Å². The van der Waals surface area contributed by atoms with Crippen molar-refractivity contribution in [2.75, 3.05) is 39.3 Å². The molecule has 3 aliphatic heterocycles. The maximum absolute atomic E-state index is 11.8. The lowest BCUT2D eigenvalue weighted by Gasteiger charge is -2.35. The first kappa shape index (κ1) is 17.3. The zero-order chi connectivity index (χ0) is 18.3. The predicted octanol–water partition coefficient (Wildman–Crippen LogP) is 0.374. The predicted molar refractivity (Wildman–Crippen MR) is 91.2 cm³/mol. The summed E-state index contributed by atoms with van der Waals surface area (Å²) < 4.78 is 19.0. The van der Waals surface area contributed by atoms with Crippen molar-refractivity contribution < 1.29 is 19.0 Å².